The van der Waals surface area contributed by atoms with Gasteiger partial charge in [0.15, 0.2) is 0 Å². The summed E-state index contributed by atoms with van der Waals surface area (Å²) in [6, 6.07) is 20.5. The van der Waals surface area contributed by atoms with Gasteiger partial charge in [-0.2, -0.15) is 0 Å². The molecule has 0 aliphatic carbocycles. The lowest BCUT2D eigenvalue weighted by Gasteiger charge is -2.09. The van der Waals surface area contributed by atoms with Gasteiger partial charge in [0.2, 0.25) is 0 Å². The fourth-order valence-electron chi connectivity index (χ4n) is 2.27. The van der Waals surface area contributed by atoms with Crippen molar-refractivity contribution in [1.29, 1.82) is 0 Å². The van der Waals surface area contributed by atoms with Crippen molar-refractivity contribution in [2.75, 3.05) is 5.32 Å². The summed E-state index contributed by atoms with van der Waals surface area (Å²) in [4.78, 5) is 12.1. The predicted molar refractivity (Wildman–Crippen MR) is 92.0 cm³/mol. The molecule has 0 aliphatic rings. The Morgan fingerprint density at radius 1 is 0.917 bits per heavy atom. The van der Waals surface area contributed by atoms with Gasteiger partial charge in [-0.05, 0) is 61.0 Å². The van der Waals surface area contributed by atoms with Gasteiger partial charge in [-0.1, -0.05) is 24.3 Å². The van der Waals surface area contributed by atoms with E-state index in [0.29, 0.717) is 11.4 Å². The number of amides is 1. The molecule has 3 rings (SSSR count). The number of hydrogen-bond donors (Lipinski definition) is 1. The summed E-state index contributed by atoms with van der Waals surface area (Å²) in [6.45, 7) is 1.99. The van der Waals surface area contributed by atoms with Crippen LogP contribution >= 0.6 is 0 Å². The van der Waals surface area contributed by atoms with Crippen molar-refractivity contribution in [2.45, 2.75) is 6.92 Å². The number of carbonyl (C=O) groups excluding carboxylic acids is 1. The molecule has 0 saturated carbocycles. The van der Waals surface area contributed by atoms with Crippen LogP contribution in [-0.4, -0.2) is 5.91 Å². The van der Waals surface area contributed by atoms with Crippen LogP contribution in [0.2, 0.25) is 0 Å². The third kappa shape index (κ3) is 3.79. The van der Waals surface area contributed by atoms with Gasteiger partial charge >= 0.3 is 0 Å². The van der Waals surface area contributed by atoms with E-state index in [9.17, 15) is 9.18 Å². The smallest absolute Gasteiger partial charge is 0.258 e. The lowest BCUT2D eigenvalue weighted by Crippen LogP contribution is -2.13. The van der Waals surface area contributed by atoms with Gasteiger partial charge in [0.25, 0.3) is 5.91 Å². The molecular formula is C20H16FNO2. The van der Waals surface area contributed by atoms with Crippen molar-refractivity contribution < 1.29 is 13.9 Å². The summed E-state index contributed by atoms with van der Waals surface area (Å²) >= 11 is 0. The van der Waals surface area contributed by atoms with Crippen LogP contribution < -0.4 is 10.1 Å². The molecule has 0 atom stereocenters. The molecule has 1 N–H and O–H groups in total. The summed E-state index contributed by atoms with van der Waals surface area (Å²) in [7, 11) is 0. The number of hydrogen-bond acceptors (Lipinski definition) is 2. The summed E-state index contributed by atoms with van der Waals surface area (Å²) in [5.41, 5.74) is 1.69. The minimum absolute atomic E-state index is 0.0117. The average molecular weight is 321 g/mol. The summed E-state index contributed by atoms with van der Waals surface area (Å²) in [5.74, 6) is 0.373. The summed E-state index contributed by atoms with van der Waals surface area (Å²) in [6.07, 6.45) is 0. The van der Waals surface area contributed by atoms with Crippen LogP contribution in [0.5, 0.6) is 11.5 Å². The predicted octanol–water partition coefficient (Wildman–Crippen LogP) is 5.18. The molecule has 0 bridgehead atoms. The number of carbonyl (C=O) groups is 1. The van der Waals surface area contributed by atoms with Crippen LogP contribution in [0.3, 0.4) is 0 Å². The Balaban J connectivity index is 1.68. The van der Waals surface area contributed by atoms with Crippen molar-refractivity contribution in [2.24, 2.45) is 0 Å². The van der Waals surface area contributed by atoms with Crippen LogP contribution in [0.15, 0.2) is 72.8 Å². The third-order valence-corrected chi connectivity index (χ3v) is 3.46. The van der Waals surface area contributed by atoms with Crippen molar-refractivity contribution in [3.63, 3.8) is 0 Å². The molecule has 0 aromatic heterocycles. The van der Waals surface area contributed by atoms with Gasteiger partial charge in [-0.25, -0.2) is 4.39 Å². The maximum Gasteiger partial charge on any atom is 0.258 e. The molecule has 0 spiro atoms. The topological polar surface area (TPSA) is 38.3 Å². The largest absolute Gasteiger partial charge is 0.457 e. The van der Waals surface area contributed by atoms with E-state index in [2.05, 4.69) is 5.32 Å². The minimum Gasteiger partial charge on any atom is -0.457 e. The van der Waals surface area contributed by atoms with E-state index in [1.54, 1.807) is 36.4 Å². The van der Waals surface area contributed by atoms with E-state index in [-0.39, 0.29) is 5.56 Å². The lowest BCUT2D eigenvalue weighted by atomic mass is 10.2. The molecule has 0 fully saturated rings. The Morgan fingerprint density at radius 3 is 2.38 bits per heavy atom. The second kappa shape index (κ2) is 6.96. The van der Waals surface area contributed by atoms with Crippen LogP contribution in [0, 0.1) is 12.7 Å². The zero-order chi connectivity index (χ0) is 16.9. The molecule has 3 aromatic carbocycles. The van der Waals surface area contributed by atoms with Crippen molar-refractivity contribution in [3.8, 4) is 11.5 Å². The first-order valence-electron chi connectivity index (χ1n) is 7.52. The van der Waals surface area contributed by atoms with Crippen molar-refractivity contribution in [3.05, 3.63) is 89.7 Å². The van der Waals surface area contributed by atoms with Crippen LogP contribution in [-0.2, 0) is 0 Å². The van der Waals surface area contributed by atoms with E-state index in [4.69, 9.17) is 4.74 Å². The van der Waals surface area contributed by atoms with E-state index in [0.717, 1.165) is 11.3 Å². The molecular weight excluding hydrogens is 305 g/mol. The second-order valence-corrected chi connectivity index (χ2v) is 5.38. The van der Waals surface area contributed by atoms with Crippen LogP contribution in [0.1, 0.15) is 15.9 Å². The molecule has 1 amide bonds. The molecule has 0 heterocycles. The van der Waals surface area contributed by atoms with Gasteiger partial charge in [-0.15, -0.1) is 0 Å². The fourth-order valence-corrected chi connectivity index (χ4v) is 2.27. The second-order valence-electron chi connectivity index (χ2n) is 5.38. The Kier molecular flexibility index (Phi) is 4.57. The SMILES string of the molecule is Cc1cccc(Oc2ccc(NC(=O)c3ccccc3F)cc2)c1. The lowest BCUT2D eigenvalue weighted by molar-refractivity contribution is 0.102. The highest BCUT2D eigenvalue weighted by atomic mass is 19.1. The van der Waals surface area contributed by atoms with E-state index >= 15 is 0 Å². The Hall–Kier alpha value is -3.14. The zero-order valence-corrected chi connectivity index (χ0v) is 13.1. The van der Waals surface area contributed by atoms with Gasteiger partial charge in [0, 0.05) is 5.69 Å². The van der Waals surface area contributed by atoms with Gasteiger partial charge in [0.1, 0.15) is 17.3 Å². The van der Waals surface area contributed by atoms with Crippen molar-refractivity contribution in [1.82, 2.24) is 0 Å². The first-order valence-corrected chi connectivity index (χ1v) is 7.52. The summed E-state index contributed by atoms with van der Waals surface area (Å²) in [5, 5.41) is 2.66. The zero-order valence-electron chi connectivity index (χ0n) is 13.1. The number of ether oxygens (including phenoxy) is 1. The van der Waals surface area contributed by atoms with Gasteiger partial charge < -0.3 is 10.1 Å². The van der Waals surface area contributed by atoms with Gasteiger partial charge in [0.05, 0.1) is 5.56 Å². The standard InChI is InChI=1S/C20H16FNO2/c1-14-5-4-6-17(13-14)24-16-11-9-15(10-12-16)22-20(23)18-7-2-3-8-19(18)21/h2-13H,1H3,(H,22,23). The number of nitrogens with one attached hydrogen (secondary N) is 1. The highest BCUT2D eigenvalue weighted by Gasteiger charge is 2.10. The molecule has 0 saturated heterocycles. The van der Waals surface area contributed by atoms with Gasteiger partial charge in [-0.3, -0.25) is 4.79 Å². The quantitative estimate of drug-likeness (QED) is 0.719. The Morgan fingerprint density at radius 2 is 1.67 bits per heavy atom. The maximum absolute atomic E-state index is 13.6. The van der Waals surface area contributed by atoms with Crippen LogP contribution in [0.25, 0.3) is 0 Å². The molecule has 3 nitrogen and oxygen atoms in total. The highest BCUT2D eigenvalue weighted by molar-refractivity contribution is 6.04. The Bertz CT molecular complexity index is 860. The highest BCUT2D eigenvalue weighted by Crippen LogP contribution is 2.24. The van der Waals surface area contributed by atoms with Crippen LogP contribution in [0.4, 0.5) is 10.1 Å². The number of aryl methyl sites for hydroxylation is 1. The van der Waals surface area contributed by atoms with E-state index in [1.807, 2.05) is 31.2 Å². The minimum atomic E-state index is -0.547. The summed E-state index contributed by atoms with van der Waals surface area (Å²) < 4.78 is 19.4. The first-order chi connectivity index (χ1) is 11.6. The first kappa shape index (κ1) is 15.7. The molecule has 0 unspecified atom stereocenters. The van der Waals surface area contributed by atoms with E-state index in [1.165, 1.54) is 12.1 Å². The average Bonchev–Trinajstić information content (AvgIpc) is 2.57. The number of anilines is 1. The molecule has 24 heavy (non-hydrogen) atoms. The molecule has 120 valence electrons. The van der Waals surface area contributed by atoms with Crippen molar-refractivity contribution >= 4 is 11.6 Å². The molecule has 4 heteroatoms. The molecule has 0 aliphatic heterocycles. The Labute approximate surface area is 139 Å². The normalized spacial score (nSPS) is 10.2. The number of benzene rings is 3. The third-order valence-electron chi connectivity index (χ3n) is 3.46. The fraction of sp³-hybridized carbons (Fsp3) is 0.0500. The molecule has 3 aromatic rings. The molecule has 0 radical (unpaired) electrons. The number of rotatable bonds is 4. The van der Waals surface area contributed by atoms with E-state index < -0.39 is 11.7 Å². The maximum atomic E-state index is 13.6. The number of halogens is 1. The monoisotopic (exact) mass is 321 g/mol.